The normalized spacial score (nSPS) is 24.9. The van der Waals surface area contributed by atoms with Crippen molar-refractivity contribution in [3.63, 3.8) is 0 Å². The first-order valence-electron chi connectivity index (χ1n) is 4.72. The summed E-state index contributed by atoms with van der Waals surface area (Å²) in [7, 11) is 0. The van der Waals surface area contributed by atoms with Gasteiger partial charge in [-0.15, -0.1) is 0 Å². The molecule has 1 fully saturated rings. The van der Waals surface area contributed by atoms with E-state index in [1.807, 2.05) is 0 Å². The quantitative estimate of drug-likeness (QED) is 0.494. The lowest BCUT2D eigenvalue weighted by Crippen LogP contribution is -2.40. The predicted octanol–water partition coefficient (Wildman–Crippen LogP) is -1.71. The minimum absolute atomic E-state index is 0.480. The van der Waals surface area contributed by atoms with Crippen LogP contribution in [0.2, 0.25) is 0 Å². The van der Waals surface area contributed by atoms with Crippen LogP contribution in [-0.4, -0.2) is 58.1 Å². The van der Waals surface area contributed by atoms with Gasteiger partial charge < -0.3 is 24.8 Å². The number of aliphatic hydroxyl groups excluding tert-OH is 2. The van der Waals surface area contributed by atoms with Crippen molar-refractivity contribution in [2.45, 2.75) is 32.2 Å². The van der Waals surface area contributed by atoms with Gasteiger partial charge in [-0.05, 0) is 13.8 Å². The summed E-state index contributed by atoms with van der Waals surface area (Å²) in [6.45, 7) is 2.23. The van der Waals surface area contributed by atoms with Gasteiger partial charge in [0.1, 0.15) is 0 Å². The van der Waals surface area contributed by atoms with Gasteiger partial charge in [-0.1, -0.05) is 0 Å². The summed E-state index contributed by atoms with van der Waals surface area (Å²) in [6, 6.07) is 0. The molecule has 0 amide bonds. The number of carbonyl (C=O) groups is 3. The number of aliphatic hydroxyl groups is 2. The Labute approximate surface area is 96.8 Å². The molecule has 0 saturated carbocycles. The lowest BCUT2D eigenvalue weighted by Gasteiger charge is -2.22. The van der Waals surface area contributed by atoms with Gasteiger partial charge in [0, 0.05) is 0 Å². The van der Waals surface area contributed by atoms with Gasteiger partial charge in [-0.2, -0.15) is 0 Å². The number of carboxylic acid groups (broad SMARTS) is 1. The number of rotatable bonds is 2. The number of hydrogen-bond donors (Lipinski definition) is 3. The van der Waals surface area contributed by atoms with Gasteiger partial charge in [0.2, 0.25) is 0 Å². The Bertz CT molecular complexity index is 279. The SMILES string of the molecule is CC1OC(=O)C(C)OC1=O.O=C(O)C(O)CO. The maximum Gasteiger partial charge on any atom is 0.347 e. The van der Waals surface area contributed by atoms with Crippen LogP contribution >= 0.6 is 0 Å². The zero-order valence-corrected chi connectivity index (χ0v) is 9.32. The fourth-order valence-corrected chi connectivity index (χ4v) is 0.714. The Hall–Kier alpha value is -1.67. The third kappa shape index (κ3) is 5.27. The first kappa shape index (κ1) is 15.3. The highest BCUT2D eigenvalue weighted by Gasteiger charge is 2.32. The molecule has 3 N–H and O–H groups in total. The molecule has 8 heteroatoms. The monoisotopic (exact) mass is 250 g/mol. The van der Waals surface area contributed by atoms with E-state index in [0.717, 1.165) is 0 Å². The number of esters is 2. The molecule has 0 spiro atoms. The Kier molecular flexibility index (Phi) is 6.15. The maximum atomic E-state index is 10.7. The molecule has 1 aliphatic heterocycles. The minimum Gasteiger partial charge on any atom is -0.479 e. The molecule has 17 heavy (non-hydrogen) atoms. The first-order valence-corrected chi connectivity index (χ1v) is 4.72. The zero-order valence-electron chi connectivity index (χ0n) is 9.32. The number of hydrogen-bond acceptors (Lipinski definition) is 7. The number of carbonyl (C=O) groups excluding carboxylic acids is 2. The number of ether oxygens (including phenoxy) is 2. The molecular weight excluding hydrogens is 236 g/mol. The Morgan fingerprint density at radius 1 is 1.24 bits per heavy atom. The van der Waals surface area contributed by atoms with Crippen molar-refractivity contribution in [3.05, 3.63) is 0 Å². The minimum atomic E-state index is -1.63. The molecule has 1 aliphatic rings. The highest BCUT2D eigenvalue weighted by Crippen LogP contribution is 2.08. The number of cyclic esters (lactones) is 2. The molecule has 3 unspecified atom stereocenters. The molecular formula is C9H14O8. The molecule has 3 atom stereocenters. The second-order valence-electron chi connectivity index (χ2n) is 3.19. The lowest BCUT2D eigenvalue weighted by molar-refractivity contribution is -0.191. The van der Waals surface area contributed by atoms with Gasteiger partial charge in [0.05, 0.1) is 6.61 Å². The van der Waals surface area contributed by atoms with E-state index in [9.17, 15) is 14.4 Å². The predicted molar refractivity (Wildman–Crippen MR) is 51.8 cm³/mol. The molecule has 1 heterocycles. The van der Waals surface area contributed by atoms with Crippen molar-refractivity contribution in [2.24, 2.45) is 0 Å². The van der Waals surface area contributed by atoms with E-state index in [4.69, 9.17) is 15.3 Å². The van der Waals surface area contributed by atoms with Gasteiger partial charge in [-0.3, -0.25) is 0 Å². The summed E-state index contributed by atoms with van der Waals surface area (Å²) in [5.74, 6) is -2.36. The third-order valence-electron chi connectivity index (χ3n) is 1.71. The average Bonchev–Trinajstić information content (AvgIpc) is 2.26. The Balaban J connectivity index is 0.000000325. The van der Waals surface area contributed by atoms with Crippen molar-refractivity contribution >= 4 is 17.9 Å². The second kappa shape index (κ2) is 6.81. The van der Waals surface area contributed by atoms with Crippen LogP contribution in [0.4, 0.5) is 0 Å². The summed E-state index contributed by atoms with van der Waals surface area (Å²) >= 11 is 0. The highest BCUT2D eigenvalue weighted by atomic mass is 16.6. The van der Waals surface area contributed by atoms with Gasteiger partial charge >= 0.3 is 17.9 Å². The van der Waals surface area contributed by atoms with Crippen LogP contribution in [0.25, 0.3) is 0 Å². The standard InChI is InChI=1S/C6H8O4.C3H6O4/c1-3-5(7)10-4(2)6(8)9-3;4-1-2(5)3(6)7/h3-4H,1-2H3;2,4-5H,1H2,(H,6,7). The van der Waals surface area contributed by atoms with Crippen molar-refractivity contribution in [1.82, 2.24) is 0 Å². The van der Waals surface area contributed by atoms with Crippen molar-refractivity contribution in [3.8, 4) is 0 Å². The van der Waals surface area contributed by atoms with Crippen molar-refractivity contribution < 1.29 is 39.2 Å². The van der Waals surface area contributed by atoms with E-state index in [-0.39, 0.29) is 0 Å². The average molecular weight is 250 g/mol. The van der Waals surface area contributed by atoms with Crippen LogP contribution in [0.15, 0.2) is 0 Å². The van der Waals surface area contributed by atoms with Crippen LogP contribution in [0.1, 0.15) is 13.8 Å². The van der Waals surface area contributed by atoms with Gasteiger partial charge in [0.25, 0.3) is 0 Å². The summed E-state index contributed by atoms with van der Waals surface area (Å²) in [5.41, 5.74) is 0. The molecule has 0 aromatic rings. The number of carboxylic acids is 1. The second-order valence-corrected chi connectivity index (χ2v) is 3.19. The molecule has 1 saturated heterocycles. The first-order chi connectivity index (χ1) is 7.79. The van der Waals surface area contributed by atoms with Crippen LogP contribution in [0.5, 0.6) is 0 Å². The summed E-state index contributed by atoms with van der Waals surface area (Å²) in [6.07, 6.45) is -3.12. The Morgan fingerprint density at radius 3 is 1.76 bits per heavy atom. The molecule has 0 aromatic heterocycles. The van der Waals surface area contributed by atoms with Crippen molar-refractivity contribution in [1.29, 1.82) is 0 Å². The van der Waals surface area contributed by atoms with Crippen LogP contribution in [0, 0.1) is 0 Å². The molecule has 8 nitrogen and oxygen atoms in total. The molecule has 0 aliphatic carbocycles. The highest BCUT2D eigenvalue weighted by molar-refractivity contribution is 5.86. The lowest BCUT2D eigenvalue weighted by atomic mass is 10.3. The van der Waals surface area contributed by atoms with E-state index in [1.54, 1.807) is 0 Å². The molecule has 98 valence electrons. The zero-order chi connectivity index (χ0) is 13.6. The largest absolute Gasteiger partial charge is 0.479 e. The summed E-state index contributed by atoms with van der Waals surface area (Å²) < 4.78 is 9.19. The fraction of sp³-hybridized carbons (Fsp3) is 0.667. The molecule has 0 aromatic carbocycles. The summed E-state index contributed by atoms with van der Waals surface area (Å²) in [4.78, 5) is 30.8. The van der Waals surface area contributed by atoms with Crippen LogP contribution in [0.3, 0.4) is 0 Å². The molecule has 0 bridgehead atoms. The van der Waals surface area contributed by atoms with E-state index >= 15 is 0 Å². The van der Waals surface area contributed by atoms with Crippen LogP contribution in [-0.2, 0) is 23.9 Å². The third-order valence-corrected chi connectivity index (χ3v) is 1.71. The van der Waals surface area contributed by atoms with Gasteiger partial charge in [0.15, 0.2) is 18.3 Å². The Morgan fingerprint density at radius 2 is 1.59 bits per heavy atom. The smallest absolute Gasteiger partial charge is 0.347 e. The maximum absolute atomic E-state index is 10.7. The van der Waals surface area contributed by atoms with Crippen molar-refractivity contribution in [2.75, 3.05) is 6.61 Å². The molecule has 0 radical (unpaired) electrons. The number of aliphatic carboxylic acids is 1. The summed E-state index contributed by atoms with van der Waals surface area (Å²) in [5, 5.41) is 23.7. The fourth-order valence-electron chi connectivity index (χ4n) is 0.714. The van der Waals surface area contributed by atoms with E-state index < -0.39 is 42.8 Å². The topological polar surface area (TPSA) is 130 Å². The van der Waals surface area contributed by atoms with E-state index in [1.165, 1.54) is 13.8 Å². The molecule has 1 rings (SSSR count). The van der Waals surface area contributed by atoms with Crippen LogP contribution < -0.4 is 0 Å². The van der Waals surface area contributed by atoms with E-state index in [0.29, 0.717) is 0 Å². The van der Waals surface area contributed by atoms with E-state index in [2.05, 4.69) is 9.47 Å². The van der Waals surface area contributed by atoms with Gasteiger partial charge in [-0.25, -0.2) is 14.4 Å².